The van der Waals surface area contributed by atoms with Crippen molar-refractivity contribution in [3.8, 4) is 0 Å². The summed E-state index contributed by atoms with van der Waals surface area (Å²) < 4.78 is 0. The van der Waals surface area contributed by atoms with E-state index in [0.29, 0.717) is 18.5 Å². The zero-order valence-electron chi connectivity index (χ0n) is 7.44. The van der Waals surface area contributed by atoms with Crippen molar-refractivity contribution < 1.29 is 9.90 Å². The SMILES string of the molecule is O=C(CCCCO)c1ccccn1. The highest BCUT2D eigenvalue weighted by Gasteiger charge is 2.04. The van der Waals surface area contributed by atoms with Gasteiger partial charge in [0, 0.05) is 19.2 Å². The van der Waals surface area contributed by atoms with Crippen LogP contribution in [0, 0.1) is 0 Å². The van der Waals surface area contributed by atoms with Gasteiger partial charge in [0.2, 0.25) is 0 Å². The Labute approximate surface area is 77.4 Å². The Bertz CT molecular complexity index is 259. The minimum atomic E-state index is 0.0500. The van der Waals surface area contributed by atoms with E-state index in [1.165, 1.54) is 0 Å². The molecule has 1 aromatic heterocycles. The summed E-state index contributed by atoms with van der Waals surface area (Å²) in [7, 11) is 0. The fourth-order valence-corrected chi connectivity index (χ4v) is 1.05. The molecular weight excluding hydrogens is 166 g/mol. The molecule has 0 fully saturated rings. The highest BCUT2D eigenvalue weighted by atomic mass is 16.2. The molecule has 70 valence electrons. The monoisotopic (exact) mass is 179 g/mol. The quantitative estimate of drug-likeness (QED) is 0.549. The van der Waals surface area contributed by atoms with E-state index in [2.05, 4.69) is 4.98 Å². The summed E-state index contributed by atoms with van der Waals surface area (Å²) in [4.78, 5) is 15.3. The van der Waals surface area contributed by atoms with Crippen LogP contribution in [0.4, 0.5) is 0 Å². The number of hydrogen-bond acceptors (Lipinski definition) is 3. The van der Waals surface area contributed by atoms with Gasteiger partial charge in [-0.15, -0.1) is 0 Å². The van der Waals surface area contributed by atoms with Gasteiger partial charge in [-0.1, -0.05) is 6.07 Å². The van der Waals surface area contributed by atoms with Crippen molar-refractivity contribution in [1.82, 2.24) is 4.98 Å². The van der Waals surface area contributed by atoms with Gasteiger partial charge >= 0.3 is 0 Å². The number of aliphatic hydroxyl groups is 1. The maximum Gasteiger partial charge on any atom is 0.181 e. The number of pyridine rings is 1. The second kappa shape index (κ2) is 5.43. The maximum absolute atomic E-state index is 11.4. The van der Waals surface area contributed by atoms with Crippen LogP contribution in [-0.2, 0) is 0 Å². The van der Waals surface area contributed by atoms with Crippen LogP contribution < -0.4 is 0 Å². The first kappa shape index (κ1) is 9.86. The number of aromatic nitrogens is 1. The second-order valence-electron chi connectivity index (χ2n) is 2.82. The van der Waals surface area contributed by atoms with Crippen molar-refractivity contribution in [2.24, 2.45) is 0 Å². The highest BCUT2D eigenvalue weighted by Crippen LogP contribution is 2.03. The molecule has 0 aromatic carbocycles. The normalized spacial score (nSPS) is 9.92. The predicted octanol–water partition coefficient (Wildman–Crippen LogP) is 1.43. The minimum Gasteiger partial charge on any atom is -0.396 e. The average molecular weight is 179 g/mol. The summed E-state index contributed by atoms with van der Waals surface area (Å²) in [5.74, 6) is 0.0500. The molecule has 1 rings (SSSR count). The number of carbonyl (C=O) groups excluding carboxylic acids is 1. The van der Waals surface area contributed by atoms with Gasteiger partial charge in [-0.05, 0) is 25.0 Å². The molecule has 0 unspecified atom stereocenters. The van der Waals surface area contributed by atoms with Crippen molar-refractivity contribution >= 4 is 5.78 Å². The number of rotatable bonds is 5. The summed E-state index contributed by atoms with van der Waals surface area (Å²) in [6.07, 6.45) is 3.49. The first-order valence-electron chi connectivity index (χ1n) is 4.39. The molecule has 1 aromatic rings. The molecule has 0 amide bonds. The minimum absolute atomic E-state index is 0.0500. The molecule has 13 heavy (non-hydrogen) atoms. The lowest BCUT2D eigenvalue weighted by molar-refractivity contribution is 0.0972. The van der Waals surface area contributed by atoms with E-state index < -0.39 is 0 Å². The highest BCUT2D eigenvalue weighted by molar-refractivity contribution is 5.94. The van der Waals surface area contributed by atoms with E-state index in [1.54, 1.807) is 24.4 Å². The van der Waals surface area contributed by atoms with E-state index in [0.717, 1.165) is 6.42 Å². The largest absolute Gasteiger partial charge is 0.396 e. The summed E-state index contributed by atoms with van der Waals surface area (Å²) >= 11 is 0. The number of nitrogens with zero attached hydrogens (tertiary/aromatic N) is 1. The number of hydrogen-bond donors (Lipinski definition) is 1. The lowest BCUT2D eigenvalue weighted by Gasteiger charge is -1.98. The molecule has 0 saturated heterocycles. The average Bonchev–Trinajstić information content (AvgIpc) is 2.19. The fourth-order valence-electron chi connectivity index (χ4n) is 1.05. The summed E-state index contributed by atoms with van der Waals surface area (Å²) in [6, 6.07) is 5.29. The summed E-state index contributed by atoms with van der Waals surface area (Å²) in [5.41, 5.74) is 0.514. The van der Waals surface area contributed by atoms with Gasteiger partial charge < -0.3 is 5.11 Å². The Kier molecular flexibility index (Phi) is 4.12. The predicted molar refractivity (Wildman–Crippen MR) is 49.5 cm³/mol. The summed E-state index contributed by atoms with van der Waals surface area (Å²) in [5, 5.41) is 8.52. The Balaban J connectivity index is 2.40. The molecule has 0 bridgehead atoms. The van der Waals surface area contributed by atoms with Crippen LogP contribution in [0.5, 0.6) is 0 Å². The van der Waals surface area contributed by atoms with E-state index in [4.69, 9.17) is 5.11 Å². The molecule has 1 heterocycles. The molecule has 1 N–H and O–H groups in total. The van der Waals surface area contributed by atoms with Gasteiger partial charge in [-0.25, -0.2) is 0 Å². The molecular formula is C10H13NO2. The molecule has 0 atom stereocenters. The van der Waals surface area contributed by atoms with Crippen molar-refractivity contribution in [1.29, 1.82) is 0 Å². The Hall–Kier alpha value is -1.22. The zero-order chi connectivity index (χ0) is 9.52. The molecule has 3 heteroatoms. The van der Waals surface area contributed by atoms with Crippen LogP contribution in [-0.4, -0.2) is 22.5 Å². The Morgan fingerprint density at radius 3 is 2.85 bits per heavy atom. The zero-order valence-corrected chi connectivity index (χ0v) is 7.44. The molecule has 0 aliphatic rings. The summed E-state index contributed by atoms with van der Waals surface area (Å²) in [6.45, 7) is 0.148. The lowest BCUT2D eigenvalue weighted by atomic mass is 10.1. The van der Waals surface area contributed by atoms with E-state index in [-0.39, 0.29) is 12.4 Å². The number of unbranched alkanes of at least 4 members (excludes halogenated alkanes) is 1. The van der Waals surface area contributed by atoms with Crippen LogP contribution in [0.1, 0.15) is 29.8 Å². The number of Topliss-reactive ketones (excluding diaryl/α,β-unsaturated/α-hetero) is 1. The van der Waals surface area contributed by atoms with Gasteiger partial charge in [0.25, 0.3) is 0 Å². The van der Waals surface area contributed by atoms with Gasteiger partial charge in [0.15, 0.2) is 5.78 Å². The van der Waals surface area contributed by atoms with Crippen LogP contribution in [0.3, 0.4) is 0 Å². The van der Waals surface area contributed by atoms with Crippen molar-refractivity contribution in [2.45, 2.75) is 19.3 Å². The Morgan fingerprint density at radius 2 is 2.23 bits per heavy atom. The van der Waals surface area contributed by atoms with E-state index >= 15 is 0 Å². The molecule has 0 aliphatic heterocycles. The standard InChI is InChI=1S/C10H13NO2/c12-8-4-2-6-10(13)9-5-1-3-7-11-9/h1,3,5,7,12H,2,4,6,8H2. The van der Waals surface area contributed by atoms with Gasteiger partial charge in [-0.3, -0.25) is 9.78 Å². The third-order valence-electron chi connectivity index (χ3n) is 1.76. The van der Waals surface area contributed by atoms with Crippen molar-refractivity contribution in [3.63, 3.8) is 0 Å². The molecule has 3 nitrogen and oxygen atoms in total. The number of aliphatic hydroxyl groups excluding tert-OH is 1. The first-order valence-corrected chi connectivity index (χ1v) is 4.39. The first-order chi connectivity index (χ1) is 6.34. The van der Waals surface area contributed by atoms with Crippen LogP contribution >= 0.6 is 0 Å². The van der Waals surface area contributed by atoms with Gasteiger partial charge in [0.05, 0.1) is 0 Å². The maximum atomic E-state index is 11.4. The lowest BCUT2D eigenvalue weighted by Crippen LogP contribution is -2.01. The van der Waals surface area contributed by atoms with Crippen LogP contribution in [0.2, 0.25) is 0 Å². The van der Waals surface area contributed by atoms with E-state index in [1.807, 2.05) is 0 Å². The molecule has 0 spiro atoms. The van der Waals surface area contributed by atoms with Gasteiger partial charge in [0.1, 0.15) is 5.69 Å². The van der Waals surface area contributed by atoms with Crippen molar-refractivity contribution in [2.75, 3.05) is 6.61 Å². The van der Waals surface area contributed by atoms with Crippen LogP contribution in [0.15, 0.2) is 24.4 Å². The second-order valence-corrected chi connectivity index (χ2v) is 2.82. The smallest absolute Gasteiger partial charge is 0.181 e. The van der Waals surface area contributed by atoms with E-state index in [9.17, 15) is 4.79 Å². The third kappa shape index (κ3) is 3.34. The fraction of sp³-hybridized carbons (Fsp3) is 0.400. The van der Waals surface area contributed by atoms with Crippen LogP contribution in [0.25, 0.3) is 0 Å². The number of ketones is 1. The number of carbonyl (C=O) groups is 1. The molecule has 0 saturated carbocycles. The third-order valence-corrected chi connectivity index (χ3v) is 1.76. The van der Waals surface area contributed by atoms with Gasteiger partial charge in [-0.2, -0.15) is 0 Å². The topological polar surface area (TPSA) is 50.2 Å². The molecule has 0 aliphatic carbocycles. The van der Waals surface area contributed by atoms with Crippen molar-refractivity contribution in [3.05, 3.63) is 30.1 Å². The molecule has 0 radical (unpaired) electrons. The Morgan fingerprint density at radius 1 is 1.38 bits per heavy atom.